The zero-order valence-corrected chi connectivity index (χ0v) is 14.6. The largest absolute Gasteiger partial charge is 0.550 e. The van der Waals surface area contributed by atoms with Gasteiger partial charge in [0.05, 0.1) is 4.90 Å². The van der Waals surface area contributed by atoms with Crippen molar-refractivity contribution >= 4 is 21.9 Å². The number of benzene rings is 1. The molecule has 1 fully saturated rings. The predicted molar refractivity (Wildman–Crippen MR) is 85.5 cm³/mol. The van der Waals surface area contributed by atoms with E-state index in [2.05, 4.69) is 0 Å². The molecule has 0 aliphatic carbocycles. The fourth-order valence-corrected chi connectivity index (χ4v) is 4.40. The first kappa shape index (κ1) is 18.4. The van der Waals surface area contributed by atoms with E-state index in [-0.39, 0.29) is 44.9 Å². The van der Waals surface area contributed by atoms with E-state index in [1.807, 2.05) is 13.0 Å². The van der Waals surface area contributed by atoms with Crippen molar-refractivity contribution in [1.82, 2.24) is 9.21 Å². The number of carboxylic acids is 1. The van der Waals surface area contributed by atoms with Crippen molar-refractivity contribution in [2.45, 2.75) is 31.6 Å². The van der Waals surface area contributed by atoms with Gasteiger partial charge >= 0.3 is 0 Å². The number of nitrogens with zero attached hydrogens (tertiary/aromatic N) is 2. The molecule has 1 heterocycles. The van der Waals surface area contributed by atoms with Crippen molar-refractivity contribution in [2.24, 2.45) is 0 Å². The number of hydrogen-bond donors (Lipinski definition) is 0. The maximum absolute atomic E-state index is 12.8. The molecule has 1 aliphatic heterocycles. The molecule has 0 N–H and O–H groups in total. The smallest absolute Gasteiger partial charge is 0.243 e. The maximum atomic E-state index is 12.8. The van der Waals surface area contributed by atoms with Crippen LogP contribution in [0.15, 0.2) is 23.1 Å². The Hall–Kier alpha value is -1.93. The quantitative estimate of drug-likeness (QED) is 0.722. The summed E-state index contributed by atoms with van der Waals surface area (Å²) < 4.78 is 26.9. The van der Waals surface area contributed by atoms with Gasteiger partial charge in [-0.05, 0) is 37.5 Å². The summed E-state index contributed by atoms with van der Waals surface area (Å²) in [4.78, 5) is 24.1. The van der Waals surface area contributed by atoms with Crippen LogP contribution in [0.25, 0.3) is 0 Å². The number of sulfonamides is 1. The van der Waals surface area contributed by atoms with Crippen LogP contribution in [0.5, 0.6) is 0 Å². The Kier molecular flexibility index (Phi) is 5.61. The van der Waals surface area contributed by atoms with Gasteiger partial charge in [-0.25, -0.2) is 8.42 Å². The molecule has 8 heteroatoms. The number of aliphatic carboxylic acids is 1. The highest BCUT2D eigenvalue weighted by atomic mass is 32.2. The zero-order valence-electron chi connectivity index (χ0n) is 13.8. The number of carbonyl (C=O) groups excluding carboxylic acids is 2. The first-order valence-corrected chi connectivity index (χ1v) is 9.21. The fraction of sp³-hybridized carbons (Fsp3) is 0.500. The lowest BCUT2D eigenvalue weighted by Crippen LogP contribution is -2.50. The summed E-state index contributed by atoms with van der Waals surface area (Å²) in [6.07, 6.45) is -0.439. The topological polar surface area (TPSA) is 97.8 Å². The summed E-state index contributed by atoms with van der Waals surface area (Å²) in [6.45, 7) is 4.52. The lowest BCUT2D eigenvalue weighted by molar-refractivity contribution is -0.305. The summed E-state index contributed by atoms with van der Waals surface area (Å²) in [6, 6.07) is 5.30. The Labute approximate surface area is 141 Å². The van der Waals surface area contributed by atoms with Crippen LogP contribution in [0.3, 0.4) is 0 Å². The second-order valence-electron chi connectivity index (χ2n) is 5.93. The van der Waals surface area contributed by atoms with E-state index >= 15 is 0 Å². The third-order valence-electron chi connectivity index (χ3n) is 4.10. The molecule has 0 bridgehead atoms. The summed E-state index contributed by atoms with van der Waals surface area (Å²) in [5.74, 6) is -1.55. The second kappa shape index (κ2) is 7.31. The maximum Gasteiger partial charge on any atom is 0.243 e. The van der Waals surface area contributed by atoms with Crippen LogP contribution >= 0.6 is 0 Å². The molecule has 1 aromatic rings. The predicted octanol–water partition coefficient (Wildman–Crippen LogP) is -0.334. The van der Waals surface area contributed by atoms with E-state index < -0.39 is 16.0 Å². The highest BCUT2D eigenvalue weighted by Crippen LogP contribution is 2.22. The van der Waals surface area contributed by atoms with Crippen molar-refractivity contribution in [1.29, 1.82) is 0 Å². The summed E-state index contributed by atoms with van der Waals surface area (Å²) >= 11 is 0. The van der Waals surface area contributed by atoms with Crippen LogP contribution in [0.1, 0.15) is 24.0 Å². The molecule has 1 aliphatic rings. The summed E-state index contributed by atoms with van der Waals surface area (Å²) in [5.41, 5.74) is 1.56. The van der Waals surface area contributed by atoms with Crippen LogP contribution in [-0.2, 0) is 19.6 Å². The molecule has 0 radical (unpaired) electrons. The second-order valence-corrected chi connectivity index (χ2v) is 7.83. The van der Waals surface area contributed by atoms with Crippen molar-refractivity contribution in [2.75, 3.05) is 26.2 Å². The SMILES string of the molecule is Cc1ccc(C)c(S(=O)(=O)N2CCN(C(=O)CCC(=O)[O-])CC2)c1. The molecule has 2 rings (SSSR count). The van der Waals surface area contributed by atoms with E-state index in [1.165, 1.54) is 9.21 Å². The normalized spacial score (nSPS) is 16.2. The van der Waals surface area contributed by atoms with Gasteiger partial charge in [0.2, 0.25) is 15.9 Å². The van der Waals surface area contributed by atoms with E-state index in [4.69, 9.17) is 0 Å². The molecule has 132 valence electrons. The third kappa shape index (κ3) is 4.12. The van der Waals surface area contributed by atoms with Crippen LogP contribution in [0.4, 0.5) is 0 Å². The molecular formula is C16H21N2O5S-. The highest BCUT2D eigenvalue weighted by molar-refractivity contribution is 7.89. The molecule has 24 heavy (non-hydrogen) atoms. The number of piperazine rings is 1. The van der Waals surface area contributed by atoms with Gasteiger partial charge in [0.25, 0.3) is 0 Å². The minimum Gasteiger partial charge on any atom is -0.550 e. The Morgan fingerprint density at radius 2 is 1.71 bits per heavy atom. The average Bonchev–Trinajstić information content (AvgIpc) is 2.54. The van der Waals surface area contributed by atoms with Gasteiger partial charge in [-0.3, -0.25) is 4.79 Å². The van der Waals surface area contributed by atoms with Gasteiger partial charge in [0.1, 0.15) is 0 Å². The third-order valence-corrected chi connectivity index (χ3v) is 6.14. The Balaban J connectivity index is 2.04. The minimum atomic E-state index is -3.60. The molecule has 0 unspecified atom stereocenters. The Morgan fingerprint density at radius 1 is 1.08 bits per heavy atom. The molecule has 0 saturated carbocycles. The van der Waals surface area contributed by atoms with Crippen molar-refractivity contribution < 1.29 is 23.1 Å². The molecule has 1 saturated heterocycles. The van der Waals surface area contributed by atoms with Gasteiger partial charge in [0.15, 0.2) is 0 Å². The van der Waals surface area contributed by atoms with Crippen LogP contribution in [0.2, 0.25) is 0 Å². The van der Waals surface area contributed by atoms with Gasteiger partial charge in [-0.1, -0.05) is 12.1 Å². The van der Waals surface area contributed by atoms with Gasteiger partial charge in [-0.15, -0.1) is 0 Å². The first-order chi connectivity index (χ1) is 11.2. The number of carboxylic acid groups (broad SMARTS) is 1. The number of hydrogen-bond acceptors (Lipinski definition) is 5. The number of aryl methyl sites for hydroxylation is 2. The van der Waals surface area contributed by atoms with E-state index in [9.17, 15) is 23.1 Å². The van der Waals surface area contributed by atoms with Crippen molar-refractivity contribution in [3.63, 3.8) is 0 Å². The first-order valence-electron chi connectivity index (χ1n) is 7.77. The van der Waals surface area contributed by atoms with E-state index in [1.54, 1.807) is 19.1 Å². The molecule has 0 atom stereocenters. The summed E-state index contributed by atoms with van der Waals surface area (Å²) in [7, 11) is -3.60. The Morgan fingerprint density at radius 3 is 2.29 bits per heavy atom. The number of carbonyl (C=O) groups is 2. The van der Waals surface area contributed by atoms with E-state index in [0.29, 0.717) is 10.5 Å². The summed E-state index contributed by atoms with van der Waals surface area (Å²) in [5, 5.41) is 10.4. The molecule has 1 amide bonds. The van der Waals surface area contributed by atoms with Gasteiger partial charge < -0.3 is 14.8 Å². The average molecular weight is 353 g/mol. The standard InChI is InChI=1S/C16H22N2O5S/c1-12-3-4-13(2)14(11-12)24(22,23)18-9-7-17(8-10-18)15(19)5-6-16(20)21/h3-4,11H,5-10H2,1-2H3,(H,20,21)/p-1. The van der Waals surface area contributed by atoms with Gasteiger partial charge in [-0.2, -0.15) is 4.31 Å². The van der Waals surface area contributed by atoms with Crippen molar-refractivity contribution in [3.8, 4) is 0 Å². The monoisotopic (exact) mass is 353 g/mol. The lowest BCUT2D eigenvalue weighted by atomic mass is 10.2. The molecule has 0 spiro atoms. The van der Waals surface area contributed by atoms with Gasteiger partial charge in [0, 0.05) is 38.6 Å². The number of rotatable bonds is 5. The lowest BCUT2D eigenvalue weighted by Gasteiger charge is -2.34. The molecular weight excluding hydrogens is 332 g/mol. The van der Waals surface area contributed by atoms with Crippen LogP contribution in [0, 0.1) is 13.8 Å². The molecule has 0 aromatic heterocycles. The van der Waals surface area contributed by atoms with Crippen LogP contribution < -0.4 is 5.11 Å². The van der Waals surface area contributed by atoms with E-state index in [0.717, 1.165) is 5.56 Å². The zero-order chi connectivity index (χ0) is 17.9. The fourth-order valence-electron chi connectivity index (χ4n) is 2.67. The minimum absolute atomic E-state index is 0.119. The van der Waals surface area contributed by atoms with Crippen LogP contribution in [-0.4, -0.2) is 55.7 Å². The highest BCUT2D eigenvalue weighted by Gasteiger charge is 2.30. The number of amides is 1. The molecule has 7 nitrogen and oxygen atoms in total. The Bertz CT molecular complexity index is 737. The van der Waals surface area contributed by atoms with Crippen molar-refractivity contribution in [3.05, 3.63) is 29.3 Å². The molecule has 1 aromatic carbocycles.